The van der Waals surface area contributed by atoms with E-state index in [-0.39, 0.29) is 11.4 Å². The number of fused-ring (bicyclic) bond motifs is 1. The van der Waals surface area contributed by atoms with E-state index in [1.165, 1.54) is 15.6 Å². The summed E-state index contributed by atoms with van der Waals surface area (Å²) in [6.07, 6.45) is 0. The third kappa shape index (κ3) is 3.48. The van der Waals surface area contributed by atoms with Gasteiger partial charge in [-0.1, -0.05) is 54.6 Å². The van der Waals surface area contributed by atoms with Gasteiger partial charge in [0, 0.05) is 10.3 Å². The number of para-hydroxylation sites is 1. The summed E-state index contributed by atoms with van der Waals surface area (Å²) < 4.78 is 35.0. The molecule has 0 saturated carbocycles. The van der Waals surface area contributed by atoms with Crippen molar-refractivity contribution >= 4 is 36.4 Å². The molecule has 0 aliphatic rings. The van der Waals surface area contributed by atoms with Gasteiger partial charge in [0.15, 0.2) is 0 Å². The van der Waals surface area contributed by atoms with Gasteiger partial charge in [0.25, 0.3) is 10.0 Å². The van der Waals surface area contributed by atoms with Crippen LogP contribution in [0.1, 0.15) is 5.56 Å². The van der Waals surface area contributed by atoms with Crippen LogP contribution in [0.25, 0.3) is 10.1 Å². The highest BCUT2D eigenvalue weighted by atomic mass is 32.2. The summed E-state index contributed by atoms with van der Waals surface area (Å²) >= 11 is 1.47. The van der Waals surface area contributed by atoms with Gasteiger partial charge in [0.2, 0.25) is 0 Å². The first-order valence-corrected chi connectivity index (χ1v) is 11.0. The van der Waals surface area contributed by atoms with Crippen LogP contribution in [0.15, 0.2) is 89.8 Å². The number of methoxy groups -OCH3 is 1. The van der Waals surface area contributed by atoms with Crippen LogP contribution in [-0.4, -0.2) is 15.5 Å². The highest BCUT2D eigenvalue weighted by Gasteiger charge is 2.27. The molecule has 0 bridgehead atoms. The summed E-state index contributed by atoms with van der Waals surface area (Å²) in [6, 6.07) is 25.8. The van der Waals surface area contributed by atoms with E-state index < -0.39 is 10.0 Å². The molecule has 0 amide bonds. The van der Waals surface area contributed by atoms with Crippen molar-refractivity contribution in [3.05, 3.63) is 90.5 Å². The Morgan fingerprint density at radius 3 is 2.32 bits per heavy atom. The standard InChI is InChI=1S/C22H19NO3S2/c1-26-20-13-7-5-10-18(20)16-23(28(24,25)19-11-3-2-4-12-19)22-15-17-9-6-8-14-21(17)27-22/h2-15H,16H2,1H3. The van der Waals surface area contributed by atoms with Gasteiger partial charge in [-0.15, -0.1) is 11.3 Å². The monoisotopic (exact) mass is 409 g/mol. The highest BCUT2D eigenvalue weighted by Crippen LogP contribution is 2.37. The average Bonchev–Trinajstić information content (AvgIpc) is 3.16. The molecule has 4 rings (SSSR count). The first kappa shape index (κ1) is 18.5. The molecule has 4 nitrogen and oxygen atoms in total. The molecule has 0 spiro atoms. The van der Waals surface area contributed by atoms with E-state index >= 15 is 0 Å². The number of hydrogen-bond donors (Lipinski definition) is 0. The zero-order valence-corrected chi connectivity index (χ0v) is 16.9. The van der Waals surface area contributed by atoms with E-state index in [9.17, 15) is 8.42 Å². The van der Waals surface area contributed by atoms with E-state index in [0.717, 1.165) is 15.6 Å². The van der Waals surface area contributed by atoms with Gasteiger partial charge in [0.05, 0.1) is 18.6 Å². The maximum Gasteiger partial charge on any atom is 0.265 e. The molecule has 0 atom stereocenters. The fourth-order valence-electron chi connectivity index (χ4n) is 3.08. The highest BCUT2D eigenvalue weighted by molar-refractivity contribution is 7.93. The number of anilines is 1. The van der Waals surface area contributed by atoms with Crippen molar-refractivity contribution in [2.75, 3.05) is 11.4 Å². The predicted octanol–water partition coefficient (Wildman–Crippen LogP) is 5.31. The molecule has 0 saturated heterocycles. The van der Waals surface area contributed by atoms with E-state index in [1.54, 1.807) is 31.4 Å². The molecule has 0 aliphatic heterocycles. The summed E-state index contributed by atoms with van der Waals surface area (Å²) in [5.41, 5.74) is 0.807. The third-order valence-electron chi connectivity index (χ3n) is 4.50. The molecule has 0 N–H and O–H groups in total. The summed E-state index contributed by atoms with van der Waals surface area (Å²) in [5, 5.41) is 1.70. The SMILES string of the molecule is COc1ccccc1CN(c1cc2ccccc2s1)S(=O)(=O)c1ccccc1. The van der Waals surface area contributed by atoms with Crippen LogP contribution in [0.5, 0.6) is 5.75 Å². The summed E-state index contributed by atoms with van der Waals surface area (Å²) in [6.45, 7) is 0.189. The maximum atomic E-state index is 13.5. The van der Waals surface area contributed by atoms with Gasteiger partial charge in [-0.3, -0.25) is 4.31 Å². The Kier molecular flexibility index (Phi) is 5.07. The maximum absolute atomic E-state index is 13.5. The van der Waals surface area contributed by atoms with Crippen molar-refractivity contribution < 1.29 is 13.2 Å². The van der Waals surface area contributed by atoms with E-state index in [2.05, 4.69) is 0 Å². The van der Waals surface area contributed by atoms with Gasteiger partial charge >= 0.3 is 0 Å². The third-order valence-corrected chi connectivity index (χ3v) is 7.52. The number of thiophene rings is 1. The van der Waals surface area contributed by atoms with Crippen LogP contribution in [0, 0.1) is 0 Å². The van der Waals surface area contributed by atoms with Crippen LogP contribution in [0.2, 0.25) is 0 Å². The van der Waals surface area contributed by atoms with Gasteiger partial charge in [0.1, 0.15) is 10.8 Å². The summed E-state index contributed by atoms with van der Waals surface area (Å²) in [4.78, 5) is 0.266. The second kappa shape index (κ2) is 7.66. The molecule has 1 aromatic heterocycles. The van der Waals surface area contributed by atoms with Crippen molar-refractivity contribution in [1.82, 2.24) is 0 Å². The normalized spacial score (nSPS) is 11.5. The van der Waals surface area contributed by atoms with Crippen molar-refractivity contribution in [2.45, 2.75) is 11.4 Å². The van der Waals surface area contributed by atoms with Crippen molar-refractivity contribution in [2.24, 2.45) is 0 Å². The lowest BCUT2D eigenvalue weighted by Gasteiger charge is -2.24. The first-order chi connectivity index (χ1) is 13.6. The molecule has 0 radical (unpaired) electrons. The minimum atomic E-state index is -3.74. The van der Waals surface area contributed by atoms with Crippen LogP contribution in [0.4, 0.5) is 5.00 Å². The van der Waals surface area contributed by atoms with Crippen molar-refractivity contribution in [3.63, 3.8) is 0 Å². The molecule has 3 aromatic carbocycles. The topological polar surface area (TPSA) is 46.6 Å². The zero-order chi connectivity index (χ0) is 19.6. The molecule has 1 heterocycles. The lowest BCUT2D eigenvalue weighted by Crippen LogP contribution is -2.30. The van der Waals surface area contributed by atoms with Crippen LogP contribution in [-0.2, 0) is 16.6 Å². The molecule has 142 valence electrons. The molecule has 6 heteroatoms. The number of sulfonamides is 1. The quantitative estimate of drug-likeness (QED) is 0.434. The Hall–Kier alpha value is -2.83. The predicted molar refractivity (Wildman–Crippen MR) is 115 cm³/mol. The fourth-order valence-corrected chi connectivity index (χ4v) is 5.81. The number of nitrogens with zero attached hydrogens (tertiary/aromatic N) is 1. The molecule has 0 aliphatic carbocycles. The fraction of sp³-hybridized carbons (Fsp3) is 0.0909. The van der Waals surface area contributed by atoms with Gasteiger partial charge in [-0.25, -0.2) is 8.42 Å². The second-order valence-corrected chi connectivity index (χ2v) is 9.18. The van der Waals surface area contributed by atoms with Crippen LogP contribution < -0.4 is 9.04 Å². The van der Waals surface area contributed by atoms with E-state index in [0.29, 0.717) is 10.8 Å². The summed E-state index contributed by atoms with van der Waals surface area (Å²) in [7, 11) is -2.15. The Bertz CT molecular complexity index is 1170. The van der Waals surface area contributed by atoms with E-state index in [4.69, 9.17) is 4.74 Å². The number of hydrogen-bond acceptors (Lipinski definition) is 4. The molecule has 0 fully saturated rings. The Labute approximate surface area is 168 Å². The van der Waals surface area contributed by atoms with Gasteiger partial charge < -0.3 is 4.74 Å². The number of rotatable bonds is 6. The Morgan fingerprint density at radius 1 is 0.893 bits per heavy atom. The largest absolute Gasteiger partial charge is 0.496 e. The number of benzene rings is 3. The molecule has 0 unspecified atom stereocenters. The Morgan fingerprint density at radius 2 is 1.57 bits per heavy atom. The Balaban J connectivity index is 1.85. The lowest BCUT2D eigenvalue weighted by molar-refractivity contribution is 0.410. The van der Waals surface area contributed by atoms with Crippen molar-refractivity contribution in [3.8, 4) is 5.75 Å². The summed E-state index contributed by atoms with van der Waals surface area (Å²) in [5.74, 6) is 0.664. The smallest absolute Gasteiger partial charge is 0.265 e. The second-order valence-electron chi connectivity index (χ2n) is 6.26. The van der Waals surface area contributed by atoms with E-state index in [1.807, 2.05) is 60.7 Å². The lowest BCUT2D eigenvalue weighted by atomic mass is 10.2. The molecule has 28 heavy (non-hydrogen) atoms. The zero-order valence-electron chi connectivity index (χ0n) is 15.3. The first-order valence-electron chi connectivity index (χ1n) is 8.78. The number of ether oxygens (including phenoxy) is 1. The minimum Gasteiger partial charge on any atom is -0.496 e. The average molecular weight is 410 g/mol. The molecular formula is C22H19NO3S2. The van der Waals surface area contributed by atoms with Gasteiger partial charge in [-0.05, 0) is 35.7 Å². The molecular weight excluding hydrogens is 390 g/mol. The minimum absolute atomic E-state index is 0.189. The van der Waals surface area contributed by atoms with Crippen molar-refractivity contribution in [1.29, 1.82) is 0 Å². The van der Waals surface area contributed by atoms with Crippen LogP contribution in [0.3, 0.4) is 0 Å². The molecule has 4 aromatic rings. The van der Waals surface area contributed by atoms with Crippen LogP contribution >= 0.6 is 11.3 Å². The van der Waals surface area contributed by atoms with Gasteiger partial charge in [-0.2, -0.15) is 0 Å².